The third-order valence-electron chi connectivity index (χ3n) is 5.65. The van der Waals surface area contributed by atoms with Gasteiger partial charge in [-0.1, -0.05) is 38.0 Å². The first kappa shape index (κ1) is 24.2. The summed E-state index contributed by atoms with van der Waals surface area (Å²) in [6.07, 6.45) is 3.17. The average molecular weight is 491 g/mol. The molecule has 0 spiro atoms. The highest BCUT2D eigenvalue weighted by molar-refractivity contribution is 7.12. The number of hydrogen-bond donors (Lipinski definition) is 1. The summed E-state index contributed by atoms with van der Waals surface area (Å²) >= 11 is 1.30. The van der Waals surface area contributed by atoms with Crippen molar-refractivity contribution in [1.29, 1.82) is 5.26 Å². The molecule has 1 aliphatic rings. The Kier molecular flexibility index (Phi) is 7.58. The van der Waals surface area contributed by atoms with Gasteiger partial charge in [-0.2, -0.15) is 5.26 Å². The topological polar surface area (TPSA) is 104 Å². The van der Waals surface area contributed by atoms with E-state index in [0.717, 1.165) is 30.4 Å². The molecule has 1 atom stereocenters. The smallest absolute Gasteiger partial charge is 0.353 e. The minimum atomic E-state index is -0.478. The van der Waals surface area contributed by atoms with Crippen molar-refractivity contribution >= 4 is 17.3 Å². The summed E-state index contributed by atoms with van der Waals surface area (Å²) in [6, 6.07) is 16.3. The number of nitrogens with two attached hydrogens (primary N) is 1. The van der Waals surface area contributed by atoms with Gasteiger partial charge in [-0.15, -0.1) is 11.3 Å². The van der Waals surface area contributed by atoms with Crippen LogP contribution in [0.25, 0.3) is 0 Å². The van der Waals surface area contributed by atoms with Gasteiger partial charge in [0.05, 0.1) is 19.6 Å². The van der Waals surface area contributed by atoms with Gasteiger partial charge in [0.1, 0.15) is 28.0 Å². The van der Waals surface area contributed by atoms with Gasteiger partial charge in [0.15, 0.2) is 11.5 Å². The van der Waals surface area contributed by atoms with Crippen molar-refractivity contribution in [3.63, 3.8) is 0 Å². The molecule has 0 fully saturated rings. The van der Waals surface area contributed by atoms with E-state index < -0.39 is 11.9 Å². The lowest BCUT2D eigenvalue weighted by Crippen LogP contribution is -2.21. The number of esters is 1. The Morgan fingerprint density at radius 2 is 2.03 bits per heavy atom. The van der Waals surface area contributed by atoms with Crippen LogP contribution >= 0.6 is 11.3 Å². The Labute approximate surface area is 208 Å². The van der Waals surface area contributed by atoms with Gasteiger partial charge in [0.25, 0.3) is 0 Å². The Morgan fingerprint density at radius 1 is 1.17 bits per heavy atom. The number of nitriles is 1. The van der Waals surface area contributed by atoms with Crippen molar-refractivity contribution in [3.8, 4) is 29.1 Å². The standard InChI is InChI=1S/C27H26N2O5S/c1-3-4-5-12-32-21-11-8-17(14-23(21)31-2)25-19-10-9-18(33-27(30)24-7-6-13-35-24)15-22(19)34-26(29)20(25)16-28/h6-11,13-15,25H,3-5,12,29H2,1-2H3. The summed E-state index contributed by atoms with van der Waals surface area (Å²) in [5, 5.41) is 11.7. The molecule has 0 radical (unpaired) electrons. The first-order valence-electron chi connectivity index (χ1n) is 11.3. The van der Waals surface area contributed by atoms with Crippen LogP contribution in [-0.2, 0) is 0 Å². The van der Waals surface area contributed by atoms with Gasteiger partial charge in [0.2, 0.25) is 5.88 Å². The number of allylic oxidation sites excluding steroid dienone is 1. The van der Waals surface area contributed by atoms with Gasteiger partial charge in [-0.25, -0.2) is 4.79 Å². The molecule has 8 heteroatoms. The second-order valence-electron chi connectivity index (χ2n) is 7.96. The van der Waals surface area contributed by atoms with E-state index in [9.17, 15) is 10.1 Å². The highest BCUT2D eigenvalue weighted by Crippen LogP contribution is 2.45. The van der Waals surface area contributed by atoms with E-state index in [4.69, 9.17) is 24.7 Å². The van der Waals surface area contributed by atoms with Crippen molar-refractivity contribution in [3.05, 3.63) is 81.4 Å². The molecule has 2 N–H and O–H groups in total. The third kappa shape index (κ3) is 5.26. The Hall–Kier alpha value is -3.96. The summed E-state index contributed by atoms with van der Waals surface area (Å²) in [4.78, 5) is 12.8. The number of carbonyl (C=O) groups excluding carboxylic acids is 1. The van der Waals surface area contributed by atoms with E-state index in [0.29, 0.717) is 40.1 Å². The van der Waals surface area contributed by atoms with Gasteiger partial charge < -0.3 is 24.7 Å². The highest BCUT2D eigenvalue weighted by Gasteiger charge is 2.32. The van der Waals surface area contributed by atoms with Crippen molar-refractivity contribution in [2.24, 2.45) is 5.73 Å². The zero-order chi connectivity index (χ0) is 24.8. The van der Waals surface area contributed by atoms with Gasteiger partial charge in [0, 0.05) is 11.6 Å². The molecule has 35 heavy (non-hydrogen) atoms. The first-order chi connectivity index (χ1) is 17.0. The average Bonchev–Trinajstić information content (AvgIpc) is 3.41. The molecular weight excluding hydrogens is 464 g/mol. The molecule has 0 aliphatic carbocycles. The van der Waals surface area contributed by atoms with Crippen LogP contribution in [0.3, 0.4) is 0 Å². The van der Waals surface area contributed by atoms with Crippen LogP contribution in [0.4, 0.5) is 0 Å². The van der Waals surface area contributed by atoms with Crippen LogP contribution in [-0.4, -0.2) is 19.7 Å². The lowest BCUT2D eigenvalue weighted by Gasteiger charge is -2.27. The number of rotatable bonds is 9. The third-order valence-corrected chi connectivity index (χ3v) is 6.50. The van der Waals surface area contributed by atoms with Crippen LogP contribution < -0.4 is 24.7 Å². The first-order valence-corrected chi connectivity index (χ1v) is 12.2. The molecule has 3 aromatic rings. The molecule has 1 unspecified atom stereocenters. The summed E-state index contributed by atoms with van der Waals surface area (Å²) in [6.45, 7) is 2.75. The molecule has 4 rings (SSSR count). The summed E-state index contributed by atoms with van der Waals surface area (Å²) < 4.78 is 22.7. The second kappa shape index (κ2) is 11.0. The van der Waals surface area contributed by atoms with Crippen LogP contribution in [0.5, 0.6) is 23.0 Å². The van der Waals surface area contributed by atoms with Crippen molar-refractivity contribution in [2.45, 2.75) is 32.1 Å². The molecule has 0 saturated heterocycles. The molecule has 2 heterocycles. The number of benzene rings is 2. The van der Waals surface area contributed by atoms with Crippen LogP contribution in [0.15, 0.2) is 65.4 Å². The molecular formula is C27H26N2O5S. The number of unbranched alkanes of at least 4 members (excludes halogenated alkanes) is 2. The highest BCUT2D eigenvalue weighted by atomic mass is 32.1. The zero-order valence-corrected chi connectivity index (χ0v) is 20.4. The fraction of sp³-hybridized carbons (Fsp3) is 0.259. The van der Waals surface area contributed by atoms with E-state index in [-0.39, 0.29) is 5.88 Å². The van der Waals surface area contributed by atoms with Crippen molar-refractivity contribution in [2.75, 3.05) is 13.7 Å². The predicted octanol–water partition coefficient (Wildman–Crippen LogP) is 5.76. The molecule has 0 saturated carbocycles. The summed E-state index contributed by atoms with van der Waals surface area (Å²) in [5.74, 6) is 1.03. The van der Waals surface area contributed by atoms with E-state index in [2.05, 4.69) is 13.0 Å². The Morgan fingerprint density at radius 3 is 2.74 bits per heavy atom. The fourth-order valence-electron chi connectivity index (χ4n) is 3.91. The maximum absolute atomic E-state index is 12.4. The fourth-order valence-corrected chi connectivity index (χ4v) is 4.51. The molecule has 180 valence electrons. The number of nitrogens with zero attached hydrogens (tertiary/aromatic N) is 1. The number of fused-ring (bicyclic) bond motifs is 1. The molecule has 2 aromatic carbocycles. The SMILES string of the molecule is CCCCCOc1ccc(C2C(C#N)=C(N)Oc3cc(OC(=O)c4cccs4)ccc32)cc1OC. The van der Waals surface area contributed by atoms with Crippen molar-refractivity contribution in [1.82, 2.24) is 0 Å². The molecule has 0 bridgehead atoms. The molecule has 1 aliphatic heterocycles. The second-order valence-corrected chi connectivity index (χ2v) is 8.90. The minimum Gasteiger partial charge on any atom is -0.493 e. The van der Waals surface area contributed by atoms with Gasteiger partial charge in [-0.05, 0) is 41.6 Å². The molecule has 7 nitrogen and oxygen atoms in total. The minimum absolute atomic E-state index is 0.00518. The number of methoxy groups -OCH3 is 1. The summed E-state index contributed by atoms with van der Waals surface area (Å²) in [5.41, 5.74) is 7.95. The Balaban J connectivity index is 1.65. The Bertz CT molecular complexity index is 1280. The van der Waals surface area contributed by atoms with E-state index in [1.807, 2.05) is 23.6 Å². The number of ether oxygens (including phenoxy) is 4. The van der Waals surface area contributed by atoms with Crippen molar-refractivity contribution < 1.29 is 23.7 Å². The van der Waals surface area contributed by atoms with E-state index in [1.165, 1.54) is 11.3 Å². The normalized spacial score (nSPS) is 14.5. The predicted molar refractivity (Wildman–Crippen MR) is 133 cm³/mol. The van der Waals surface area contributed by atoms with Crippen LogP contribution in [0, 0.1) is 11.3 Å². The summed E-state index contributed by atoms with van der Waals surface area (Å²) in [7, 11) is 1.58. The molecule has 0 amide bonds. The number of thiophene rings is 1. The van der Waals surface area contributed by atoms with E-state index in [1.54, 1.807) is 37.4 Å². The lowest BCUT2D eigenvalue weighted by atomic mass is 9.83. The number of hydrogen-bond acceptors (Lipinski definition) is 8. The van der Waals surface area contributed by atoms with E-state index >= 15 is 0 Å². The molecule has 1 aromatic heterocycles. The van der Waals surface area contributed by atoms with Gasteiger partial charge >= 0.3 is 5.97 Å². The largest absolute Gasteiger partial charge is 0.493 e. The lowest BCUT2D eigenvalue weighted by molar-refractivity contribution is 0.0739. The number of carbonyl (C=O) groups is 1. The zero-order valence-electron chi connectivity index (χ0n) is 19.6. The maximum atomic E-state index is 12.4. The van der Waals surface area contributed by atoms with Crippen LogP contribution in [0.1, 0.15) is 52.9 Å². The monoisotopic (exact) mass is 490 g/mol. The van der Waals surface area contributed by atoms with Gasteiger partial charge in [-0.3, -0.25) is 0 Å². The van der Waals surface area contributed by atoms with Crippen LogP contribution in [0.2, 0.25) is 0 Å². The maximum Gasteiger partial charge on any atom is 0.353 e. The quantitative estimate of drug-likeness (QED) is 0.231.